The van der Waals surface area contributed by atoms with Crippen molar-refractivity contribution in [2.24, 2.45) is 5.92 Å². The number of rotatable bonds is 5. The van der Waals surface area contributed by atoms with E-state index in [0.29, 0.717) is 38.3 Å². The molecule has 0 bridgehead atoms. The molecular formula is C17H24N6O2. The summed E-state index contributed by atoms with van der Waals surface area (Å²) in [6.07, 6.45) is 4.37. The predicted molar refractivity (Wildman–Crippen MR) is 91.3 cm³/mol. The maximum absolute atomic E-state index is 12.7. The number of nitrogens with one attached hydrogen (secondary N) is 2. The van der Waals surface area contributed by atoms with Gasteiger partial charge in [-0.15, -0.1) is 0 Å². The van der Waals surface area contributed by atoms with Gasteiger partial charge >= 0.3 is 0 Å². The van der Waals surface area contributed by atoms with Crippen molar-refractivity contribution < 1.29 is 9.59 Å². The van der Waals surface area contributed by atoms with E-state index in [-0.39, 0.29) is 23.8 Å². The van der Waals surface area contributed by atoms with Crippen LogP contribution in [0.25, 0.3) is 0 Å². The maximum atomic E-state index is 12.7. The molecule has 1 aliphatic heterocycles. The van der Waals surface area contributed by atoms with Crippen molar-refractivity contribution in [1.82, 2.24) is 30.0 Å². The highest BCUT2D eigenvalue weighted by molar-refractivity contribution is 5.81. The first-order valence-corrected chi connectivity index (χ1v) is 8.60. The molecule has 25 heavy (non-hydrogen) atoms. The Morgan fingerprint density at radius 1 is 1.40 bits per heavy atom. The molecule has 0 spiro atoms. The first kappa shape index (κ1) is 17.2. The zero-order valence-corrected chi connectivity index (χ0v) is 14.6. The molecule has 0 saturated heterocycles. The second-order valence-electron chi connectivity index (χ2n) is 6.69. The third kappa shape index (κ3) is 4.26. The molecule has 0 saturated carbocycles. The van der Waals surface area contributed by atoms with Gasteiger partial charge in [-0.3, -0.25) is 9.59 Å². The van der Waals surface area contributed by atoms with E-state index in [0.717, 1.165) is 5.69 Å². The molecule has 1 aliphatic rings. The minimum atomic E-state index is -0.334. The summed E-state index contributed by atoms with van der Waals surface area (Å²) in [4.78, 5) is 34.2. The van der Waals surface area contributed by atoms with Gasteiger partial charge in [-0.25, -0.2) is 9.67 Å². The SMILES string of the molecule is CC(C)NC(=O)C1CN(C(=O)CCc2ccc[nH]2)Cc2ncnn2C1. The second kappa shape index (κ2) is 7.50. The number of fused-ring (bicyclic) bond motifs is 1. The molecule has 134 valence electrons. The van der Waals surface area contributed by atoms with Gasteiger partial charge in [-0.2, -0.15) is 5.10 Å². The Labute approximate surface area is 146 Å². The van der Waals surface area contributed by atoms with Gasteiger partial charge in [0.25, 0.3) is 0 Å². The number of hydrogen-bond acceptors (Lipinski definition) is 4. The number of hydrogen-bond donors (Lipinski definition) is 2. The van der Waals surface area contributed by atoms with E-state index in [1.54, 1.807) is 9.58 Å². The van der Waals surface area contributed by atoms with Crippen molar-refractivity contribution in [3.8, 4) is 0 Å². The molecule has 8 nitrogen and oxygen atoms in total. The summed E-state index contributed by atoms with van der Waals surface area (Å²) in [5.74, 6) is 0.349. The fourth-order valence-corrected chi connectivity index (χ4v) is 3.01. The number of aromatic nitrogens is 4. The molecule has 0 aromatic carbocycles. The van der Waals surface area contributed by atoms with E-state index in [2.05, 4.69) is 20.4 Å². The molecular weight excluding hydrogens is 320 g/mol. The van der Waals surface area contributed by atoms with E-state index in [1.165, 1.54) is 6.33 Å². The first-order chi connectivity index (χ1) is 12.0. The topological polar surface area (TPSA) is 95.9 Å². The molecule has 2 amide bonds. The summed E-state index contributed by atoms with van der Waals surface area (Å²) in [7, 11) is 0. The van der Waals surface area contributed by atoms with Crippen molar-refractivity contribution in [2.45, 2.75) is 45.8 Å². The predicted octanol–water partition coefficient (Wildman–Crippen LogP) is 0.722. The molecule has 0 fully saturated rings. The maximum Gasteiger partial charge on any atom is 0.226 e. The zero-order valence-electron chi connectivity index (χ0n) is 14.6. The van der Waals surface area contributed by atoms with Gasteiger partial charge in [0.15, 0.2) is 0 Å². The number of aromatic amines is 1. The number of H-pyrrole nitrogens is 1. The minimum absolute atomic E-state index is 0.0217. The highest BCUT2D eigenvalue weighted by atomic mass is 16.2. The number of carbonyl (C=O) groups excluding carboxylic acids is 2. The van der Waals surface area contributed by atoms with Crippen LogP contribution in [0.5, 0.6) is 0 Å². The summed E-state index contributed by atoms with van der Waals surface area (Å²) in [5.41, 5.74) is 1.03. The standard InChI is InChI=1S/C17H24N6O2/c1-12(2)21-17(25)13-8-22(10-15-19-11-20-23(15)9-13)16(24)6-5-14-4-3-7-18-14/h3-4,7,11-13,18H,5-6,8-10H2,1-2H3,(H,21,25). The zero-order chi connectivity index (χ0) is 17.8. The lowest BCUT2D eigenvalue weighted by atomic mass is 10.1. The summed E-state index contributed by atoms with van der Waals surface area (Å²) in [6, 6.07) is 3.94. The smallest absolute Gasteiger partial charge is 0.226 e. The van der Waals surface area contributed by atoms with E-state index in [4.69, 9.17) is 0 Å². The molecule has 2 N–H and O–H groups in total. The highest BCUT2D eigenvalue weighted by Gasteiger charge is 2.30. The van der Waals surface area contributed by atoms with Crippen molar-refractivity contribution in [3.05, 3.63) is 36.2 Å². The number of carbonyl (C=O) groups is 2. The van der Waals surface area contributed by atoms with Gasteiger partial charge in [0, 0.05) is 30.9 Å². The lowest BCUT2D eigenvalue weighted by Crippen LogP contribution is -2.43. The number of aryl methyl sites for hydroxylation is 1. The first-order valence-electron chi connectivity index (χ1n) is 8.60. The van der Waals surface area contributed by atoms with Crippen LogP contribution in [0, 0.1) is 5.92 Å². The van der Waals surface area contributed by atoms with Gasteiger partial charge < -0.3 is 15.2 Å². The van der Waals surface area contributed by atoms with Crippen molar-refractivity contribution in [2.75, 3.05) is 6.54 Å². The number of amides is 2. The lowest BCUT2D eigenvalue weighted by Gasteiger charge is -2.24. The van der Waals surface area contributed by atoms with Crippen LogP contribution in [0.3, 0.4) is 0 Å². The van der Waals surface area contributed by atoms with E-state index >= 15 is 0 Å². The van der Waals surface area contributed by atoms with Crippen molar-refractivity contribution in [1.29, 1.82) is 0 Å². The van der Waals surface area contributed by atoms with Gasteiger partial charge in [-0.1, -0.05) is 0 Å². The Kier molecular flexibility index (Phi) is 5.16. The second-order valence-corrected chi connectivity index (χ2v) is 6.69. The molecule has 1 atom stereocenters. The summed E-state index contributed by atoms with van der Waals surface area (Å²) in [6.45, 7) is 5.06. The third-order valence-corrected chi connectivity index (χ3v) is 4.29. The lowest BCUT2D eigenvalue weighted by molar-refractivity contribution is -0.134. The molecule has 3 rings (SSSR count). The van der Waals surface area contributed by atoms with Gasteiger partial charge in [0.05, 0.1) is 19.0 Å². The number of nitrogens with zero attached hydrogens (tertiary/aromatic N) is 4. The van der Waals surface area contributed by atoms with Crippen LogP contribution in [0.4, 0.5) is 0 Å². The summed E-state index contributed by atoms with van der Waals surface area (Å²) in [5, 5.41) is 7.13. The fraction of sp³-hybridized carbons (Fsp3) is 0.529. The Bertz CT molecular complexity index is 721. The molecule has 2 aromatic heterocycles. The van der Waals surface area contributed by atoms with Crippen LogP contribution in [0.1, 0.15) is 31.8 Å². The Morgan fingerprint density at radius 3 is 2.96 bits per heavy atom. The monoisotopic (exact) mass is 344 g/mol. The van der Waals surface area contributed by atoms with E-state index < -0.39 is 0 Å². The Morgan fingerprint density at radius 2 is 2.24 bits per heavy atom. The summed E-state index contributed by atoms with van der Waals surface area (Å²) >= 11 is 0. The van der Waals surface area contributed by atoms with Crippen molar-refractivity contribution in [3.63, 3.8) is 0 Å². The van der Waals surface area contributed by atoms with Crippen LogP contribution in [-0.4, -0.2) is 49.0 Å². The van der Waals surface area contributed by atoms with Gasteiger partial charge in [-0.05, 0) is 32.4 Å². The van der Waals surface area contributed by atoms with Gasteiger partial charge in [0.2, 0.25) is 11.8 Å². The minimum Gasteiger partial charge on any atom is -0.365 e. The van der Waals surface area contributed by atoms with Gasteiger partial charge in [0.1, 0.15) is 12.2 Å². The van der Waals surface area contributed by atoms with Crippen molar-refractivity contribution >= 4 is 11.8 Å². The molecule has 0 aliphatic carbocycles. The largest absolute Gasteiger partial charge is 0.365 e. The third-order valence-electron chi connectivity index (χ3n) is 4.29. The van der Waals surface area contributed by atoms with E-state index in [9.17, 15) is 9.59 Å². The van der Waals surface area contributed by atoms with Crippen LogP contribution in [0.2, 0.25) is 0 Å². The summed E-state index contributed by atoms with van der Waals surface area (Å²) < 4.78 is 1.73. The average Bonchev–Trinajstić information content (AvgIpc) is 3.19. The van der Waals surface area contributed by atoms with Crippen LogP contribution in [0.15, 0.2) is 24.7 Å². The quantitative estimate of drug-likeness (QED) is 0.835. The van der Waals surface area contributed by atoms with E-state index in [1.807, 2.05) is 32.2 Å². The Hall–Kier alpha value is -2.64. The van der Waals surface area contributed by atoms with Crippen LogP contribution >= 0.6 is 0 Å². The van der Waals surface area contributed by atoms with Crippen LogP contribution < -0.4 is 5.32 Å². The fourth-order valence-electron chi connectivity index (χ4n) is 3.01. The van der Waals surface area contributed by atoms with Crippen LogP contribution in [-0.2, 0) is 29.1 Å². The average molecular weight is 344 g/mol. The highest BCUT2D eigenvalue weighted by Crippen LogP contribution is 2.16. The molecule has 2 aromatic rings. The normalized spacial score (nSPS) is 17.2. The Balaban J connectivity index is 1.71. The molecule has 0 radical (unpaired) electrons. The molecule has 8 heteroatoms. The molecule has 1 unspecified atom stereocenters. The molecule has 3 heterocycles.